The molecule has 6 heteroatoms. The Morgan fingerprint density at radius 2 is 1.40 bits per heavy atom. The predicted molar refractivity (Wildman–Crippen MR) is 111 cm³/mol. The summed E-state index contributed by atoms with van der Waals surface area (Å²) in [7, 11) is 1.54. The minimum Gasteiger partial charge on any atom is -0.497 e. The average Bonchev–Trinajstić information content (AvgIpc) is 2.80. The van der Waals surface area contributed by atoms with E-state index in [1.54, 1.807) is 79.9 Å². The lowest BCUT2D eigenvalue weighted by molar-refractivity contribution is 0.0696. The molecule has 30 heavy (non-hydrogen) atoms. The van der Waals surface area contributed by atoms with Crippen LogP contribution in [0.3, 0.4) is 0 Å². The number of Topliss-reactive ketones (excluding diaryl/α,β-unsaturated/α-hetero) is 1. The zero-order valence-corrected chi connectivity index (χ0v) is 16.5. The van der Waals surface area contributed by atoms with Gasteiger partial charge in [0.1, 0.15) is 23.4 Å². The highest BCUT2D eigenvalue weighted by molar-refractivity contribution is 5.99. The standard InChI is InChI=1S/C24H22O6/c1-28-19-9-7-17(8-10-19)23(26)22(25)15-16-29-20-11-13-21(14-12-20)30-24(27)18-5-3-2-4-6-18/h2-14,22,25H,15-16H2,1H3/t22-/m1/s1. The van der Waals surface area contributed by atoms with E-state index in [4.69, 9.17) is 14.2 Å². The molecule has 3 aromatic carbocycles. The first-order chi connectivity index (χ1) is 14.6. The summed E-state index contributed by atoms with van der Waals surface area (Å²) in [6.45, 7) is 0.159. The highest BCUT2D eigenvalue weighted by atomic mass is 16.5. The van der Waals surface area contributed by atoms with Crippen molar-refractivity contribution in [1.29, 1.82) is 0 Å². The SMILES string of the molecule is COc1ccc(C(=O)[C@H](O)CCOc2ccc(OC(=O)c3ccccc3)cc2)cc1. The molecule has 3 aromatic rings. The monoisotopic (exact) mass is 406 g/mol. The predicted octanol–water partition coefficient (Wildman–Crippen LogP) is 3.93. The normalized spacial score (nSPS) is 11.4. The highest BCUT2D eigenvalue weighted by Crippen LogP contribution is 2.19. The van der Waals surface area contributed by atoms with Crippen LogP contribution in [0.2, 0.25) is 0 Å². The van der Waals surface area contributed by atoms with Gasteiger partial charge in [0, 0.05) is 12.0 Å². The minimum absolute atomic E-state index is 0.148. The van der Waals surface area contributed by atoms with Gasteiger partial charge < -0.3 is 19.3 Å². The van der Waals surface area contributed by atoms with Crippen molar-refractivity contribution in [3.8, 4) is 17.2 Å². The first-order valence-corrected chi connectivity index (χ1v) is 9.43. The molecule has 0 aliphatic heterocycles. The van der Waals surface area contributed by atoms with Crippen molar-refractivity contribution in [1.82, 2.24) is 0 Å². The second-order valence-electron chi connectivity index (χ2n) is 6.47. The number of carbonyl (C=O) groups excluding carboxylic acids is 2. The first kappa shape index (κ1) is 21.1. The van der Waals surface area contributed by atoms with Gasteiger partial charge in [-0.2, -0.15) is 0 Å². The molecule has 0 radical (unpaired) electrons. The van der Waals surface area contributed by atoms with Crippen molar-refractivity contribution in [2.45, 2.75) is 12.5 Å². The number of aliphatic hydroxyl groups excluding tert-OH is 1. The van der Waals surface area contributed by atoms with Crippen LogP contribution in [0.15, 0.2) is 78.9 Å². The third kappa shape index (κ3) is 5.68. The molecule has 0 saturated carbocycles. The Labute approximate surface area is 174 Å². The molecule has 1 atom stereocenters. The molecule has 0 unspecified atom stereocenters. The van der Waals surface area contributed by atoms with E-state index in [-0.39, 0.29) is 18.8 Å². The molecule has 0 aliphatic carbocycles. The molecule has 0 saturated heterocycles. The second-order valence-corrected chi connectivity index (χ2v) is 6.47. The Balaban J connectivity index is 1.46. The van der Waals surface area contributed by atoms with Crippen LogP contribution in [0.25, 0.3) is 0 Å². The van der Waals surface area contributed by atoms with Gasteiger partial charge in [0.2, 0.25) is 0 Å². The number of carbonyl (C=O) groups is 2. The molecule has 0 bridgehead atoms. The van der Waals surface area contributed by atoms with Gasteiger partial charge in [-0.25, -0.2) is 4.79 Å². The fourth-order valence-corrected chi connectivity index (χ4v) is 2.71. The molecular formula is C24H22O6. The van der Waals surface area contributed by atoms with Crippen LogP contribution in [0, 0.1) is 0 Å². The fourth-order valence-electron chi connectivity index (χ4n) is 2.71. The summed E-state index contributed by atoms with van der Waals surface area (Å²) < 4.78 is 15.9. The van der Waals surface area contributed by atoms with E-state index >= 15 is 0 Å². The van der Waals surface area contributed by atoms with E-state index in [9.17, 15) is 14.7 Å². The summed E-state index contributed by atoms with van der Waals surface area (Å²) in [5.74, 6) is 0.764. The average molecular weight is 406 g/mol. The van der Waals surface area contributed by atoms with Gasteiger partial charge in [0.05, 0.1) is 19.3 Å². The number of hydrogen-bond acceptors (Lipinski definition) is 6. The molecule has 0 fully saturated rings. The van der Waals surface area contributed by atoms with E-state index < -0.39 is 12.1 Å². The number of ketones is 1. The van der Waals surface area contributed by atoms with Crippen LogP contribution >= 0.6 is 0 Å². The number of ether oxygens (including phenoxy) is 3. The first-order valence-electron chi connectivity index (χ1n) is 9.43. The van der Waals surface area contributed by atoms with E-state index in [1.165, 1.54) is 0 Å². The third-order valence-electron chi connectivity index (χ3n) is 4.38. The molecule has 0 aliphatic rings. The zero-order valence-electron chi connectivity index (χ0n) is 16.5. The number of aliphatic hydroxyl groups is 1. The van der Waals surface area contributed by atoms with Crippen molar-refractivity contribution < 1.29 is 28.9 Å². The van der Waals surface area contributed by atoms with Crippen LogP contribution in [0.5, 0.6) is 17.2 Å². The molecule has 0 amide bonds. The lowest BCUT2D eigenvalue weighted by Gasteiger charge is -2.12. The molecule has 1 N–H and O–H groups in total. The summed E-state index contributed by atoms with van der Waals surface area (Å²) in [5, 5.41) is 10.1. The molecule has 0 aromatic heterocycles. The smallest absolute Gasteiger partial charge is 0.343 e. The van der Waals surface area contributed by atoms with E-state index in [1.807, 2.05) is 6.07 Å². The molecule has 154 valence electrons. The van der Waals surface area contributed by atoms with Crippen LogP contribution in [-0.4, -0.2) is 36.7 Å². The number of rotatable bonds is 9. The van der Waals surface area contributed by atoms with Gasteiger partial charge in [-0.05, 0) is 60.7 Å². The summed E-state index contributed by atoms with van der Waals surface area (Å²) in [6.07, 6.45) is -1.01. The largest absolute Gasteiger partial charge is 0.497 e. The molecular weight excluding hydrogens is 384 g/mol. The van der Waals surface area contributed by atoms with Crippen LogP contribution in [-0.2, 0) is 0 Å². The van der Waals surface area contributed by atoms with Crippen molar-refractivity contribution in [3.05, 3.63) is 90.0 Å². The Morgan fingerprint density at radius 3 is 2.03 bits per heavy atom. The number of hydrogen-bond donors (Lipinski definition) is 1. The van der Waals surface area contributed by atoms with Gasteiger partial charge in [0.25, 0.3) is 0 Å². The van der Waals surface area contributed by atoms with Gasteiger partial charge in [-0.15, -0.1) is 0 Å². The Kier molecular flexibility index (Phi) is 7.19. The maximum atomic E-state index is 12.3. The maximum Gasteiger partial charge on any atom is 0.343 e. The third-order valence-corrected chi connectivity index (χ3v) is 4.38. The summed E-state index contributed by atoms with van der Waals surface area (Å²) in [6, 6.07) is 21.8. The Bertz CT molecular complexity index is 965. The quantitative estimate of drug-likeness (QED) is 0.329. The number of benzene rings is 3. The lowest BCUT2D eigenvalue weighted by atomic mass is 10.0. The van der Waals surface area contributed by atoms with Crippen LogP contribution in [0.1, 0.15) is 27.1 Å². The van der Waals surface area contributed by atoms with Gasteiger partial charge in [0.15, 0.2) is 5.78 Å². The van der Waals surface area contributed by atoms with E-state index in [0.717, 1.165) is 0 Å². The fraction of sp³-hybridized carbons (Fsp3) is 0.167. The molecule has 6 nitrogen and oxygen atoms in total. The van der Waals surface area contributed by atoms with Gasteiger partial charge in [-0.3, -0.25) is 4.79 Å². The molecule has 3 rings (SSSR count). The van der Waals surface area contributed by atoms with E-state index in [0.29, 0.717) is 28.4 Å². The zero-order chi connectivity index (χ0) is 21.3. The number of methoxy groups -OCH3 is 1. The van der Waals surface area contributed by atoms with Crippen LogP contribution < -0.4 is 14.2 Å². The number of esters is 1. The van der Waals surface area contributed by atoms with Crippen molar-refractivity contribution >= 4 is 11.8 Å². The maximum absolute atomic E-state index is 12.3. The molecule has 0 heterocycles. The topological polar surface area (TPSA) is 82.1 Å². The highest BCUT2D eigenvalue weighted by Gasteiger charge is 2.17. The Hall–Kier alpha value is -3.64. The van der Waals surface area contributed by atoms with Crippen molar-refractivity contribution in [3.63, 3.8) is 0 Å². The van der Waals surface area contributed by atoms with Crippen molar-refractivity contribution in [2.24, 2.45) is 0 Å². The van der Waals surface area contributed by atoms with Gasteiger partial charge >= 0.3 is 5.97 Å². The van der Waals surface area contributed by atoms with E-state index in [2.05, 4.69) is 0 Å². The summed E-state index contributed by atoms with van der Waals surface area (Å²) in [5.41, 5.74) is 0.876. The van der Waals surface area contributed by atoms with Gasteiger partial charge in [-0.1, -0.05) is 18.2 Å². The lowest BCUT2D eigenvalue weighted by Crippen LogP contribution is -2.23. The minimum atomic E-state index is -1.16. The summed E-state index contributed by atoms with van der Waals surface area (Å²) >= 11 is 0. The Morgan fingerprint density at radius 1 is 0.800 bits per heavy atom. The van der Waals surface area contributed by atoms with Crippen molar-refractivity contribution in [2.75, 3.05) is 13.7 Å². The molecule has 0 spiro atoms. The second kappa shape index (κ2) is 10.2. The van der Waals surface area contributed by atoms with Crippen LogP contribution in [0.4, 0.5) is 0 Å². The summed E-state index contributed by atoms with van der Waals surface area (Å²) in [4.78, 5) is 24.3.